The Hall–Kier alpha value is -2.32. The SMILES string of the molecule is CCOC(=O)c1c[nH]c2cc(C#N)c(Cl)cc2c1=O. The zero-order valence-corrected chi connectivity index (χ0v) is 10.7. The second kappa shape index (κ2) is 5.12. The average Bonchev–Trinajstić information content (AvgIpc) is 2.39. The summed E-state index contributed by atoms with van der Waals surface area (Å²) in [6, 6.07) is 4.76. The van der Waals surface area contributed by atoms with Crippen LogP contribution in [-0.2, 0) is 4.74 Å². The van der Waals surface area contributed by atoms with Crippen LogP contribution in [-0.4, -0.2) is 17.6 Å². The Morgan fingerprint density at radius 1 is 1.53 bits per heavy atom. The number of halogens is 1. The van der Waals surface area contributed by atoms with Crippen LogP contribution in [0.15, 0.2) is 23.1 Å². The van der Waals surface area contributed by atoms with Gasteiger partial charge in [-0.05, 0) is 19.1 Å². The first-order valence-corrected chi connectivity index (χ1v) is 5.88. The lowest BCUT2D eigenvalue weighted by atomic mass is 10.1. The van der Waals surface area contributed by atoms with E-state index in [1.807, 2.05) is 6.07 Å². The number of carbonyl (C=O) groups excluding carboxylic acids is 1. The third kappa shape index (κ3) is 2.30. The fourth-order valence-electron chi connectivity index (χ4n) is 1.69. The molecule has 0 saturated heterocycles. The number of H-pyrrole nitrogens is 1. The molecule has 6 heteroatoms. The number of ether oxygens (including phenoxy) is 1. The molecule has 0 radical (unpaired) electrons. The maximum atomic E-state index is 12.1. The maximum Gasteiger partial charge on any atom is 0.343 e. The lowest BCUT2D eigenvalue weighted by Crippen LogP contribution is -2.18. The quantitative estimate of drug-likeness (QED) is 0.853. The van der Waals surface area contributed by atoms with Crippen LogP contribution in [0.2, 0.25) is 5.02 Å². The topological polar surface area (TPSA) is 82.9 Å². The van der Waals surface area contributed by atoms with Gasteiger partial charge in [0.25, 0.3) is 0 Å². The fourth-order valence-corrected chi connectivity index (χ4v) is 1.89. The van der Waals surface area contributed by atoms with E-state index in [-0.39, 0.29) is 28.1 Å². The zero-order chi connectivity index (χ0) is 14.0. The number of hydrogen-bond acceptors (Lipinski definition) is 4. The van der Waals surface area contributed by atoms with Gasteiger partial charge in [-0.3, -0.25) is 4.79 Å². The minimum absolute atomic E-state index is 0.0878. The molecule has 0 fully saturated rings. The van der Waals surface area contributed by atoms with Gasteiger partial charge in [-0.1, -0.05) is 11.6 Å². The van der Waals surface area contributed by atoms with E-state index >= 15 is 0 Å². The molecule has 0 bridgehead atoms. The zero-order valence-electron chi connectivity index (χ0n) is 9.99. The number of nitriles is 1. The summed E-state index contributed by atoms with van der Waals surface area (Å²) in [7, 11) is 0. The molecule has 0 aliphatic rings. The molecule has 1 aromatic heterocycles. The average molecular weight is 277 g/mol. The molecule has 0 saturated carbocycles. The summed E-state index contributed by atoms with van der Waals surface area (Å²) in [5.74, 6) is -0.689. The molecular weight excluding hydrogens is 268 g/mol. The van der Waals surface area contributed by atoms with Gasteiger partial charge in [0.2, 0.25) is 5.43 Å². The molecule has 2 aromatic rings. The molecule has 1 N–H and O–H groups in total. The van der Waals surface area contributed by atoms with E-state index in [1.54, 1.807) is 6.92 Å². The highest BCUT2D eigenvalue weighted by Gasteiger charge is 2.15. The highest BCUT2D eigenvalue weighted by molar-refractivity contribution is 6.32. The molecule has 0 unspecified atom stereocenters. The Labute approximate surface area is 113 Å². The second-order valence-electron chi connectivity index (χ2n) is 3.74. The molecular formula is C13H9ClN2O3. The molecule has 0 amide bonds. The van der Waals surface area contributed by atoms with Crippen LogP contribution in [0, 0.1) is 11.3 Å². The van der Waals surface area contributed by atoms with Gasteiger partial charge in [0.05, 0.1) is 22.7 Å². The first kappa shape index (κ1) is 13.1. The highest BCUT2D eigenvalue weighted by atomic mass is 35.5. The van der Waals surface area contributed by atoms with E-state index in [4.69, 9.17) is 21.6 Å². The van der Waals surface area contributed by atoms with E-state index in [0.717, 1.165) is 0 Å². The third-order valence-corrected chi connectivity index (χ3v) is 2.90. The van der Waals surface area contributed by atoms with Gasteiger partial charge in [-0.2, -0.15) is 5.26 Å². The number of benzene rings is 1. The Morgan fingerprint density at radius 2 is 2.26 bits per heavy atom. The largest absolute Gasteiger partial charge is 0.462 e. The lowest BCUT2D eigenvalue weighted by Gasteiger charge is -2.04. The van der Waals surface area contributed by atoms with E-state index in [1.165, 1.54) is 18.3 Å². The number of aromatic nitrogens is 1. The maximum absolute atomic E-state index is 12.1. The van der Waals surface area contributed by atoms with E-state index in [2.05, 4.69) is 4.98 Å². The molecule has 0 spiro atoms. The van der Waals surface area contributed by atoms with E-state index in [0.29, 0.717) is 5.52 Å². The molecule has 0 aliphatic heterocycles. The predicted molar refractivity (Wildman–Crippen MR) is 70.3 cm³/mol. The summed E-state index contributed by atoms with van der Waals surface area (Å²) in [6.07, 6.45) is 1.28. The Balaban J connectivity index is 2.70. The third-order valence-electron chi connectivity index (χ3n) is 2.58. The summed E-state index contributed by atoms with van der Waals surface area (Å²) < 4.78 is 4.79. The first-order valence-electron chi connectivity index (χ1n) is 5.50. The molecule has 1 aromatic carbocycles. The molecule has 19 heavy (non-hydrogen) atoms. The van der Waals surface area contributed by atoms with Crippen LogP contribution in [0.5, 0.6) is 0 Å². The summed E-state index contributed by atoms with van der Waals surface area (Å²) in [5.41, 5.74) is 0.140. The number of rotatable bonds is 2. The minimum Gasteiger partial charge on any atom is -0.462 e. The van der Waals surface area contributed by atoms with Crippen LogP contribution in [0.1, 0.15) is 22.8 Å². The Morgan fingerprint density at radius 3 is 2.89 bits per heavy atom. The molecule has 5 nitrogen and oxygen atoms in total. The van der Waals surface area contributed by atoms with Gasteiger partial charge in [-0.25, -0.2) is 4.79 Å². The highest BCUT2D eigenvalue weighted by Crippen LogP contribution is 2.20. The number of aromatic amines is 1. The van der Waals surface area contributed by atoms with Crippen molar-refractivity contribution >= 4 is 28.5 Å². The number of hydrogen-bond donors (Lipinski definition) is 1. The van der Waals surface area contributed by atoms with Crippen molar-refractivity contribution in [3.05, 3.63) is 44.7 Å². The van der Waals surface area contributed by atoms with E-state index < -0.39 is 11.4 Å². The van der Waals surface area contributed by atoms with Gasteiger partial charge >= 0.3 is 5.97 Å². The number of esters is 1. The summed E-state index contributed by atoms with van der Waals surface area (Å²) in [5, 5.41) is 9.27. The molecule has 0 aliphatic carbocycles. The van der Waals surface area contributed by atoms with Gasteiger partial charge in [-0.15, -0.1) is 0 Å². The number of fused-ring (bicyclic) bond motifs is 1. The molecule has 96 valence electrons. The normalized spacial score (nSPS) is 10.2. The predicted octanol–water partition coefficient (Wildman–Crippen LogP) is 2.23. The first-order chi connectivity index (χ1) is 9.08. The van der Waals surface area contributed by atoms with Gasteiger partial charge in [0.1, 0.15) is 11.6 Å². The number of carbonyl (C=O) groups is 1. The Bertz CT molecular complexity index is 759. The summed E-state index contributed by atoms with van der Waals surface area (Å²) >= 11 is 5.88. The number of pyridine rings is 1. The molecule has 1 heterocycles. The van der Waals surface area contributed by atoms with Crippen molar-refractivity contribution in [3.8, 4) is 6.07 Å². The number of nitrogens with zero attached hydrogens (tertiary/aromatic N) is 1. The van der Waals surface area contributed by atoms with Crippen LogP contribution in [0.25, 0.3) is 10.9 Å². The monoisotopic (exact) mass is 276 g/mol. The smallest absolute Gasteiger partial charge is 0.343 e. The lowest BCUT2D eigenvalue weighted by molar-refractivity contribution is 0.0524. The molecule has 0 atom stereocenters. The van der Waals surface area contributed by atoms with Crippen molar-refractivity contribution in [1.29, 1.82) is 5.26 Å². The van der Waals surface area contributed by atoms with Crippen LogP contribution in [0.3, 0.4) is 0 Å². The van der Waals surface area contributed by atoms with Crippen molar-refractivity contribution in [2.24, 2.45) is 0 Å². The standard InChI is InChI=1S/C13H9ClN2O3/c1-2-19-13(18)9-6-16-11-3-7(5-15)10(14)4-8(11)12(9)17/h3-4,6H,2H2,1H3,(H,16,17). The van der Waals surface area contributed by atoms with Crippen LogP contribution < -0.4 is 5.43 Å². The van der Waals surface area contributed by atoms with Crippen molar-refractivity contribution in [1.82, 2.24) is 4.98 Å². The van der Waals surface area contributed by atoms with Gasteiger partial charge in [0.15, 0.2) is 0 Å². The van der Waals surface area contributed by atoms with E-state index in [9.17, 15) is 9.59 Å². The van der Waals surface area contributed by atoms with Crippen LogP contribution >= 0.6 is 11.6 Å². The summed E-state index contributed by atoms with van der Waals surface area (Å²) in [6.45, 7) is 1.84. The fraction of sp³-hybridized carbons (Fsp3) is 0.154. The van der Waals surface area contributed by atoms with Crippen molar-refractivity contribution in [3.63, 3.8) is 0 Å². The summed E-state index contributed by atoms with van der Waals surface area (Å²) in [4.78, 5) is 26.5. The van der Waals surface area contributed by atoms with Crippen molar-refractivity contribution in [2.45, 2.75) is 6.92 Å². The second-order valence-corrected chi connectivity index (χ2v) is 4.15. The minimum atomic E-state index is -0.689. The van der Waals surface area contributed by atoms with Gasteiger partial charge < -0.3 is 9.72 Å². The molecule has 2 rings (SSSR count). The van der Waals surface area contributed by atoms with Crippen molar-refractivity contribution in [2.75, 3.05) is 6.61 Å². The Kier molecular flexibility index (Phi) is 3.54. The van der Waals surface area contributed by atoms with Crippen LogP contribution in [0.4, 0.5) is 0 Å². The number of nitrogens with one attached hydrogen (secondary N) is 1. The van der Waals surface area contributed by atoms with Gasteiger partial charge in [0, 0.05) is 11.6 Å². The van der Waals surface area contributed by atoms with Crippen molar-refractivity contribution < 1.29 is 9.53 Å².